The molecule has 1 aliphatic heterocycles. The first-order valence-electron chi connectivity index (χ1n) is 6.89. The minimum Gasteiger partial charge on any atom is -0.480 e. The smallest absolute Gasteiger partial charge is 0.329 e. The van der Waals surface area contributed by atoms with Gasteiger partial charge in [0, 0.05) is 19.1 Å². The summed E-state index contributed by atoms with van der Waals surface area (Å²) < 4.78 is 18.2. The van der Waals surface area contributed by atoms with Crippen molar-refractivity contribution in [3.8, 4) is 0 Å². The lowest BCUT2D eigenvalue weighted by Gasteiger charge is -2.36. The summed E-state index contributed by atoms with van der Waals surface area (Å²) in [5.41, 5.74) is 1.09. The van der Waals surface area contributed by atoms with E-state index in [2.05, 4.69) is 11.8 Å². The zero-order valence-corrected chi connectivity index (χ0v) is 11.6. The number of nitrogens with zero attached hydrogens (tertiary/aromatic N) is 1. The van der Waals surface area contributed by atoms with E-state index in [-0.39, 0.29) is 24.6 Å². The SMILES string of the molecule is CC(c1ccc(F)cc1)N1CCC(OCC(=O)O)CC1. The molecule has 0 saturated carbocycles. The number of carbonyl (C=O) groups is 1. The number of likely N-dealkylation sites (tertiary alicyclic amines) is 1. The van der Waals surface area contributed by atoms with Crippen molar-refractivity contribution in [3.05, 3.63) is 35.6 Å². The molecule has 1 aliphatic rings. The van der Waals surface area contributed by atoms with Gasteiger partial charge in [0.15, 0.2) is 0 Å². The highest BCUT2D eigenvalue weighted by molar-refractivity contribution is 5.68. The molecular formula is C15H20FNO3. The molecule has 0 amide bonds. The number of ether oxygens (including phenoxy) is 1. The molecule has 0 spiro atoms. The van der Waals surface area contributed by atoms with Gasteiger partial charge >= 0.3 is 5.97 Å². The zero-order chi connectivity index (χ0) is 14.5. The standard InChI is InChI=1S/C15H20FNO3/c1-11(12-2-4-13(16)5-3-12)17-8-6-14(7-9-17)20-10-15(18)19/h2-5,11,14H,6-10H2,1H3,(H,18,19). The number of carboxylic acid groups (broad SMARTS) is 1. The van der Waals surface area contributed by atoms with Crippen molar-refractivity contribution in [2.75, 3.05) is 19.7 Å². The van der Waals surface area contributed by atoms with Crippen LogP contribution in [0.2, 0.25) is 0 Å². The van der Waals surface area contributed by atoms with Crippen LogP contribution < -0.4 is 0 Å². The fourth-order valence-electron chi connectivity index (χ4n) is 2.57. The summed E-state index contributed by atoms with van der Waals surface area (Å²) in [6, 6.07) is 6.82. The average molecular weight is 281 g/mol. The Morgan fingerprint density at radius 2 is 2.00 bits per heavy atom. The van der Waals surface area contributed by atoms with Crippen LogP contribution in [0.4, 0.5) is 4.39 Å². The first kappa shape index (κ1) is 14.9. The predicted octanol–water partition coefficient (Wildman–Crippen LogP) is 2.45. The fourth-order valence-corrected chi connectivity index (χ4v) is 2.57. The van der Waals surface area contributed by atoms with Gasteiger partial charge in [0.25, 0.3) is 0 Å². The number of hydrogen-bond acceptors (Lipinski definition) is 3. The molecule has 1 aromatic carbocycles. The van der Waals surface area contributed by atoms with Crippen LogP contribution in [0.5, 0.6) is 0 Å². The molecule has 0 aromatic heterocycles. The number of rotatable bonds is 5. The largest absolute Gasteiger partial charge is 0.480 e. The third-order valence-electron chi connectivity index (χ3n) is 3.82. The summed E-state index contributed by atoms with van der Waals surface area (Å²) in [7, 11) is 0. The van der Waals surface area contributed by atoms with Gasteiger partial charge in [0.05, 0.1) is 6.10 Å². The van der Waals surface area contributed by atoms with E-state index in [9.17, 15) is 9.18 Å². The summed E-state index contributed by atoms with van der Waals surface area (Å²) in [5.74, 6) is -1.14. The van der Waals surface area contributed by atoms with Crippen LogP contribution in [0.15, 0.2) is 24.3 Å². The summed E-state index contributed by atoms with van der Waals surface area (Å²) in [5, 5.41) is 8.59. The van der Waals surface area contributed by atoms with Gasteiger partial charge in [-0.25, -0.2) is 9.18 Å². The third kappa shape index (κ3) is 4.02. The van der Waals surface area contributed by atoms with Gasteiger partial charge in [0.2, 0.25) is 0 Å². The monoisotopic (exact) mass is 281 g/mol. The third-order valence-corrected chi connectivity index (χ3v) is 3.82. The zero-order valence-electron chi connectivity index (χ0n) is 11.6. The summed E-state index contributed by atoms with van der Waals surface area (Å²) in [6.45, 7) is 3.61. The highest BCUT2D eigenvalue weighted by Crippen LogP contribution is 2.25. The van der Waals surface area contributed by atoms with Crippen molar-refractivity contribution >= 4 is 5.97 Å². The fraction of sp³-hybridized carbons (Fsp3) is 0.533. The lowest BCUT2D eigenvalue weighted by Crippen LogP contribution is -2.39. The lowest BCUT2D eigenvalue weighted by atomic mass is 10.0. The highest BCUT2D eigenvalue weighted by Gasteiger charge is 2.24. The summed E-state index contributed by atoms with van der Waals surface area (Å²) in [4.78, 5) is 12.8. The molecule has 1 saturated heterocycles. The van der Waals surface area contributed by atoms with E-state index in [0.717, 1.165) is 31.5 Å². The van der Waals surface area contributed by atoms with Crippen LogP contribution in [-0.2, 0) is 9.53 Å². The van der Waals surface area contributed by atoms with Crippen molar-refractivity contribution in [1.29, 1.82) is 0 Å². The van der Waals surface area contributed by atoms with Crippen LogP contribution in [0, 0.1) is 5.82 Å². The van der Waals surface area contributed by atoms with E-state index in [1.54, 1.807) is 0 Å². The Morgan fingerprint density at radius 1 is 1.40 bits per heavy atom. The van der Waals surface area contributed by atoms with Crippen molar-refractivity contribution < 1.29 is 19.0 Å². The summed E-state index contributed by atoms with van der Waals surface area (Å²) >= 11 is 0. The maximum absolute atomic E-state index is 12.9. The molecule has 20 heavy (non-hydrogen) atoms. The molecule has 1 heterocycles. The molecule has 1 unspecified atom stereocenters. The van der Waals surface area contributed by atoms with E-state index in [1.165, 1.54) is 12.1 Å². The predicted molar refractivity (Wildman–Crippen MR) is 73.0 cm³/mol. The van der Waals surface area contributed by atoms with Crippen LogP contribution in [0.3, 0.4) is 0 Å². The van der Waals surface area contributed by atoms with Crippen LogP contribution in [-0.4, -0.2) is 41.8 Å². The number of carboxylic acids is 1. The van der Waals surface area contributed by atoms with Crippen molar-refractivity contribution in [2.45, 2.75) is 31.9 Å². The maximum atomic E-state index is 12.9. The Balaban J connectivity index is 1.83. The van der Waals surface area contributed by atoms with Gasteiger partial charge in [-0.1, -0.05) is 12.1 Å². The Hall–Kier alpha value is -1.46. The summed E-state index contributed by atoms with van der Waals surface area (Å²) in [6.07, 6.45) is 1.69. The molecule has 1 aromatic rings. The minimum absolute atomic E-state index is 0.0303. The number of halogens is 1. The molecule has 1 fully saturated rings. The quantitative estimate of drug-likeness (QED) is 0.900. The Kier molecular flexibility index (Phi) is 5.09. The molecule has 0 aliphatic carbocycles. The lowest BCUT2D eigenvalue weighted by molar-refractivity contribution is -0.145. The van der Waals surface area contributed by atoms with Gasteiger partial charge in [-0.05, 0) is 37.5 Å². The van der Waals surface area contributed by atoms with E-state index < -0.39 is 5.97 Å². The average Bonchev–Trinajstić information content (AvgIpc) is 2.46. The molecule has 2 rings (SSSR count). The highest BCUT2D eigenvalue weighted by atomic mass is 19.1. The Morgan fingerprint density at radius 3 is 2.55 bits per heavy atom. The molecule has 4 nitrogen and oxygen atoms in total. The second-order valence-electron chi connectivity index (χ2n) is 5.17. The van der Waals surface area contributed by atoms with Gasteiger partial charge in [-0.2, -0.15) is 0 Å². The van der Waals surface area contributed by atoms with Gasteiger partial charge < -0.3 is 9.84 Å². The van der Waals surface area contributed by atoms with Crippen LogP contribution >= 0.6 is 0 Å². The van der Waals surface area contributed by atoms with Crippen molar-refractivity contribution in [3.63, 3.8) is 0 Å². The number of aliphatic carboxylic acids is 1. The molecule has 0 bridgehead atoms. The molecule has 110 valence electrons. The maximum Gasteiger partial charge on any atom is 0.329 e. The van der Waals surface area contributed by atoms with E-state index in [4.69, 9.17) is 9.84 Å². The van der Waals surface area contributed by atoms with E-state index in [0.29, 0.717) is 0 Å². The molecule has 0 radical (unpaired) electrons. The Labute approximate surface area is 118 Å². The molecule has 5 heteroatoms. The van der Waals surface area contributed by atoms with Crippen molar-refractivity contribution in [2.24, 2.45) is 0 Å². The first-order chi connectivity index (χ1) is 9.56. The second-order valence-corrected chi connectivity index (χ2v) is 5.17. The number of hydrogen-bond donors (Lipinski definition) is 1. The molecule has 1 N–H and O–H groups in total. The Bertz CT molecular complexity index is 441. The van der Waals surface area contributed by atoms with Gasteiger partial charge in [0.1, 0.15) is 12.4 Å². The van der Waals surface area contributed by atoms with Crippen LogP contribution in [0.1, 0.15) is 31.4 Å². The first-order valence-corrected chi connectivity index (χ1v) is 6.89. The van der Waals surface area contributed by atoms with Gasteiger partial charge in [-0.3, -0.25) is 4.90 Å². The molecular weight excluding hydrogens is 261 g/mol. The second kappa shape index (κ2) is 6.81. The van der Waals surface area contributed by atoms with E-state index >= 15 is 0 Å². The topological polar surface area (TPSA) is 49.8 Å². The van der Waals surface area contributed by atoms with E-state index in [1.807, 2.05) is 12.1 Å². The minimum atomic E-state index is -0.924. The van der Waals surface area contributed by atoms with Crippen LogP contribution in [0.25, 0.3) is 0 Å². The van der Waals surface area contributed by atoms with Crippen molar-refractivity contribution in [1.82, 2.24) is 4.90 Å². The van der Waals surface area contributed by atoms with Gasteiger partial charge in [-0.15, -0.1) is 0 Å². The molecule has 1 atom stereocenters. The normalized spacial score (nSPS) is 18.9. The number of benzene rings is 1. The number of piperidine rings is 1.